The molecule has 1 aromatic heterocycles. The van der Waals surface area contributed by atoms with Gasteiger partial charge in [0.25, 0.3) is 0 Å². The minimum Gasteiger partial charge on any atom is -0.356 e. The van der Waals surface area contributed by atoms with Crippen LogP contribution in [0.2, 0.25) is 0 Å². The highest BCUT2D eigenvalue weighted by Crippen LogP contribution is 2.13. The quantitative estimate of drug-likeness (QED) is 0.442. The van der Waals surface area contributed by atoms with E-state index in [0.29, 0.717) is 6.04 Å². The number of aromatic nitrogens is 1. The van der Waals surface area contributed by atoms with Gasteiger partial charge in [0.05, 0.1) is 5.01 Å². The largest absolute Gasteiger partial charge is 0.356 e. The van der Waals surface area contributed by atoms with Crippen LogP contribution in [-0.2, 0) is 12.8 Å². The van der Waals surface area contributed by atoms with Crippen molar-refractivity contribution in [2.24, 2.45) is 4.99 Å². The Balaban J connectivity index is 0.00000324. The first-order valence-electron chi connectivity index (χ1n) is 6.60. The average molecular weight is 396 g/mol. The zero-order valence-electron chi connectivity index (χ0n) is 12.2. The number of rotatable bonds is 6. The fourth-order valence-electron chi connectivity index (χ4n) is 1.44. The predicted molar refractivity (Wildman–Crippen MR) is 94.9 cm³/mol. The molecule has 0 fully saturated rings. The molecule has 0 bridgehead atoms. The van der Waals surface area contributed by atoms with Gasteiger partial charge in [0.2, 0.25) is 0 Å². The summed E-state index contributed by atoms with van der Waals surface area (Å²) < 4.78 is 0. The van der Waals surface area contributed by atoms with Crippen LogP contribution in [0.5, 0.6) is 0 Å². The van der Waals surface area contributed by atoms with E-state index in [4.69, 9.17) is 0 Å². The maximum absolute atomic E-state index is 4.41. The van der Waals surface area contributed by atoms with Crippen molar-refractivity contribution in [2.45, 2.75) is 46.1 Å². The van der Waals surface area contributed by atoms with E-state index in [1.807, 2.05) is 6.20 Å². The molecule has 1 aromatic rings. The molecule has 0 aliphatic heterocycles. The van der Waals surface area contributed by atoms with Gasteiger partial charge in [-0.1, -0.05) is 13.8 Å². The van der Waals surface area contributed by atoms with E-state index in [-0.39, 0.29) is 24.0 Å². The van der Waals surface area contributed by atoms with E-state index in [9.17, 15) is 0 Å². The van der Waals surface area contributed by atoms with E-state index in [1.54, 1.807) is 18.4 Å². The molecule has 2 N–H and O–H groups in total. The molecule has 1 rings (SSSR count). The normalized spacial score (nSPS) is 12.7. The van der Waals surface area contributed by atoms with E-state index >= 15 is 0 Å². The molecule has 1 unspecified atom stereocenters. The summed E-state index contributed by atoms with van der Waals surface area (Å²) in [5, 5.41) is 7.85. The Kier molecular flexibility index (Phi) is 10.2. The highest BCUT2D eigenvalue weighted by atomic mass is 127. The Bertz CT molecular complexity index is 378. The first-order chi connectivity index (χ1) is 8.69. The molecular weight excluding hydrogens is 371 g/mol. The Morgan fingerprint density at radius 1 is 1.47 bits per heavy atom. The molecule has 1 heterocycles. The summed E-state index contributed by atoms with van der Waals surface area (Å²) in [7, 11) is 1.80. The van der Waals surface area contributed by atoms with E-state index in [1.165, 1.54) is 9.88 Å². The van der Waals surface area contributed by atoms with Gasteiger partial charge in [0.1, 0.15) is 0 Å². The van der Waals surface area contributed by atoms with Gasteiger partial charge in [0, 0.05) is 37.1 Å². The zero-order valence-corrected chi connectivity index (χ0v) is 15.3. The number of thiazole rings is 1. The predicted octanol–water partition coefficient (Wildman–Crippen LogP) is 2.83. The number of hydrogen-bond acceptors (Lipinski definition) is 3. The SMILES string of the molecule is CCc1cnc(CCNC(=NC)NC(C)CC)s1.I. The molecule has 0 aliphatic carbocycles. The van der Waals surface area contributed by atoms with Crippen molar-refractivity contribution in [1.29, 1.82) is 0 Å². The van der Waals surface area contributed by atoms with Gasteiger partial charge < -0.3 is 10.6 Å². The van der Waals surface area contributed by atoms with Crippen LogP contribution >= 0.6 is 35.3 Å². The van der Waals surface area contributed by atoms with Gasteiger partial charge >= 0.3 is 0 Å². The van der Waals surface area contributed by atoms with Crippen molar-refractivity contribution in [3.05, 3.63) is 16.1 Å². The highest BCUT2D eigenvalue weighted by molar-refractivity contribution is 14.0. The zero-order chi connectivity index (χ0) is 13.4. The second kappa shape index (κ2) is 10.4. The number of hydrogen-bond donors (Lipinski definition) is 2. The van der Waals surface area contributed by atoms with Crippen molar-refractivity contribution in [3.8, 4) is 0 Å². The molecule has 0 saturated carbocycles. The fraction of sp³-hybridized carbons (Fsp3) is 0.692. The summed E-state index contributed by atoms with van der Waals surface area (Å²) >= 11 is 1.80. The van der Waals surface area contributed by atoms with E-state index < -0.39 is 0 Å². The number of halogens is 1. The fourth-order valence-corrected chi connectivity index (χ4v) is 2.31. The maximum Gasteiger partial charge on any atom is 0.191 e. The minimum atomic E-state index is 0. The Labute approximate surface area is 137 Å². The number of nitrogens with zero attached hydrogens (tertiary/aromatic N) is 2. The molecule has 110 valence electrons. The number of aryl methyl sites for hydroxylation is 1. The summed E-state index contributed by atoms with van der Waals surface area (Å²) in [6.45, 7) is 7.34. The summed E-state index contributed by atoms with van der Waals surface area (Å²) in [6, 6.07) is 0.447. The number of nitrogens with one attached hydrogen (secondary N) is 2. The lowest BCUT2D eigenvalue weighted by molar-refractivity contribution is 0.624. The third-order valence-corrected chi connectivity index (χ3v) is 4.00. The van der Waals surface area contributed by atoms with Crippen LogP contribution < -0.4 is 10.6 Å². The summed E-state index contributed by atoms with van der Waals surface area (Å²) in [5.41, 5.74) is 0. The minimum absolute atomic E-state index is 0. The molecular formula is C13H25IN4S. The summed E-state index contributed by atoms with van der Waals surface area (Å²) in [6.07, 6.45) is 5.09. The van der Waals surface area contributed by atoms with Gasteiger partial charge in [-0.3, -0.25) is 4.99 Å². The van der Waals surface area contributed by atoms with Gasteiger partial charge in [-0.05, 0) is 19.8 Å². The van der Waals surface area contributed by atoms with Crippen molar-refractivity contribution in [1.82, 2.24) is 15.6 Å². The van der Waals surface area contributed by atoms with Crippen LogP contribution in [0.1, 0.15) is 37.1 Å². The lowest BCUT2D eigenvalue weighted by Gasteiger charge is -2.15. The van der Waals surface area contributed by atoms with Crippen LogP contribution in [0.15, 0.2) is 11.2 Å². The third-order valence-electron chi connectivity index (χ3n) is 2.80. The van der Waals surface area contributed by atoms with Gasteiger partial charge in [-0.25, -0.2) is 4.98 Å². The van der Waals surface area contributed by atoms with Gasteiger partial charge in [-0.15, -0.1) is 35.3 Å². The molecule has 0 amide bonds. The average Bonchev–Trinajstić information content (AvgIpc) is 2.85. The summed E-state index contributed by atoms with van der Waals surface area (Å²) in [5.74, 6) is 0.872. The standard InChI is InChI=1S/C13H24N4S.HI/c1-5-10(3)17-13(14-4)15-8-7-12-16-9-11(6-2)18-12;/h9-10H,5-8H2,1-4H3,(H2,14,15,17);1H. The van der Waals surface area contributed by atoms with Crippen LogP contribution in [0.4, 0.5) is 0 Å². The molecule has 0 aliphatic rings. The molecule has 0 spiro atoms. The number of aliphatic imine (C=N–C) groups is 1. The number of guanidine groups is 1. The molecule has 6 heteroatoms. The van der Waals surface area contributed by atoms with Gasteiger partial charge in [0.15, 0.2) is 5.96 Å². The maximum atomic E-state index is 4.41. The first kappa shape index (κ1) is 18.6. The topological polar surface area (TPSA) is 49.3 Å². The monoisotopic (exact) mass is 396 g/mol. The second-order valence-corrected chi connectivity index (χ2v) is 5.48. The molecule has 0 radical (unpaired) electrons. The molecule has 1 atom stereocenters. The lowest BCUT2D eigenvalue weighted by Crippen LogP contribution is -2.42. The van der Waals surface area contributed by atoms with Crippen LogP contribution in [0, 0.1) is 0 Å². The van der Waals surface area contributed by atoms with Crippen molar-refractivity contribution < 1.29 is 0 Å². The van der Waals surface area contributed by atoms with Crippen LogP contribution in [-0.4, -0.2) is 30.6 Å². The van der Waals surface area contributed by atoms with E-state index in [0.717, 1.165) is 31.8 Å². The van der Waals surface area contributed by atoms with Gasteiger partial charge in [-0.2, -0.15) is 0 Å². The summed E-state index contributed by atoms with van der Waals surface area (Å²) in [4.78, 5) is 9.96. The molecule has 0 aromatic carbocycles. The second-order valence-electron chi connectivity index (χ2n) is 4.28. The Hall–Kier alpha value is -0.370. The van der Waals surface area contributed by atoms with E-state index in [2.05, 4.69) is 41.4 Å². The third kappa shape index (κ3) is 7.10. The molecule has 19 heavy (non-hydrogen) atoms. The first-order valence-corrected chi connectivity index (χ1v) is 7.42. The van der Waals surface area contributed by atoms with Crippen LogP contribution in [0.25, 0.3) is 0 Å². The van der Waals surface area contributed by atoms with Crippen LogP contribution in [0.3, 0.4) is 0 Å². The molecule has 4 nitrogen and oxygen atoms in total. The van der Waals surface area contributed by atoms with Crippen molar-refractivity contribution in [2.75, 3.05) is 13.6 Å². The van der Waals surface area contributed by atoms with Crippen molar-refractivity contribution in [3.63, 3.8) is 0 Å². The Morgan fingerprint density at radius 2 is 2.21 bits per heavy atom. The lowest BCUT2D eigenvalue weighted by atomic mass is 10.3. The molecule has 0 saturated heterocycles. The smallest absolute Gasteiger partial charge is 0.191 e. The van der Waals surface area contributed by atoms with Crippen molar-refractivity contribution >= 4 is 41.3 Å². The highest BCUT2D eigenvalue weighted by Gasteiger charge is 2.04. The Morgan fingerprint density at radius 3 is 2.74 bits per heavy atom.